The van der Waals surface area contributed by atoms with Gasteiger partial charge >= 0.3 is 5.97 Å². The number of carbonyl (C=O) groups is 1. The van der Waals surface area contributed by atoms with Crippen LogP contribution >= 0.6 is 0 Å². The van der Waals surface area contributed by atoms with Crippen molar-refractivity contribution in [2.75, 3.05) is 0 Å². The van der Waals surface area contributed by atoms with Gasteiger partial charge in [0.25, 0.3) is 10.0 Å². The Morgan fingerprint density at radius 3 is 2.77 bits per heavy atom. The highest BCUT2D eigenvalue weighted by atomic mass is 32.2. The van der Waals surface area contributed by atoms with Crippen LogP contribution in [-0.4, -0.2) is 28.5 Å². The number of carboxylic acids is 1. The molecule has 0 aliphatic rings. The molecule has 0 bridgehead atoms. The third kappa shape index (κ3) is 2.70. The van der Waals surface area contributed by atoms with E-state index in [1.807, 2.05) is 0 Å². The highest BCUT2D eigenvalue weighted by molar-refractivity contribution is 7.90. The summed E-state index contributed by atoms with van der Waals surface area (Å²) in [7, 11) is -4.22. The first-order chi connectivity index (χ1) is 12.3. The number of halogens is 1. The number of benzene rings is 1. The summed E-state index contributed by atoms with van der Waals surface area (Å²) in [5, 5.41) is 18.5. The lowest BCUT2D eigenvalue weighted by Gasteiger charge is -2.10. The molecule has 0 saturated carbocycles. The zero-order valence-corrected chi connectivity index (χ0v) is 14.3. The van der Waals surface area contributed by atoms with Crippen molar-refractivity contribution in [1.82, 2.24) is 8.96 Å². The van der Waals surface area contributed by atoms with Gasteiger partial charge in [-0.3, -0.25) is 4.79 Å². The Morgan fingerprint density at radius 2 is 2.12 bits per heavy atom. The van der Waals surface area contributed by atoms with E-state index in [0.717, 1.165) is 22.2 Å². The predicted octanol–water partition coefficient (Wildman–Crippen LogP) is 2.22. The van der Waals surface area contributed by atoms with E-state index in [1.54, 1.807) is 18.2 Å². The van der Waals surface area contributed by atoms with Crippen LogP contribution in [-0.2, 0) is 21.2 Å². The molecule has 0 aliphatic heterocycles. The minimum atomic E-state index is -4.22. The van der Waals surface area contributed by atoms with Crippen molar-refractivity contribution in [1.29, 1.82) is 5.26 Å². The van der Waals surface area contributed by atoms with E-state index in [-0.39, 0.29) is 22.7 Å². The summed E-state index contributed by atoms with van der Waals surface area (Å²) in [6, 6.07) is 7.66. The van der Waals surface area contributed by atoms with Crippen LogP contribution in [0.3, 0.4) is 0 Å². The molecule has 2 aromatic heterocycles. The van der Waals surface area contributed by atoms with Crippen LogP contribution < -0.4 is 0 Å². The molecule has 3 rings (SSSR count). The summed E-state index contributed by atoms with van der Waals surface area (Å²) in [5.74, 6) is -1.94. The van der Waals surface area contributed by atoms with Crippen LogP contribution in [0.2, 0.25) is 0 Å². The normalized spacial score (nSPS) is 11.4. The molecule has 26 heavy (non-hydrogen) atoms. The molecule has 0 radical (unpaired) electrons. The van der Waals surface area contributed by atoms with Gasteiger partial charge in [-0.1, -0.05) is 0 Å². The van der Waals surface area contributed by atoms with Gasteiger partial charge in [0.05, 0.1) is 16.9 Å². The van der Waals surface area contributed by atoms with Gasteiger partial charge in [0.2, 0.25) is 0 Å². The maximum atomic E-state index is 13.5. The van der Waals surface area contributed by atoms with Gasteiger partial charge in [-0.15, -0.1) is 0 Å². The molecule has 9 heteroatoms. The Kier molecular flexibility index (Phi) is 4.21. The molecule has 7 nitrogen and oxygen atoms in total. The first-order valence-corrected chi connectivity index (χ1v) is 8.83. The molecule has 0 amide bonds. The average molecular weight is 373 g/mol. The van der Waals surface area contributed by atoms with E-state index in [0.29, 0.717) is 10.9 Å². The Balaban J connectivity index is 2.33. The van der Waals surface area contributed by atoms with Gasteiger partial charge < -0.3 is 5.11 Å². The van der Waals surface area contributed by atoms with Gasteiger partial charge in [-0.05, 0) is 42.8 Å². The fourth-order valence-electron chi connectivity index (χ4n) is 2.80. The smallest absolute Gasteiger partial charge is 0.307 e. The van der Waals surface area contributed by atoms with E-state index in [4.69, 9.17) is 10.4 Å². The number of hydrogen-bond acceptors (Lipinski definition) is 5. The molecule has 0 unspecified atom stereocenters. The minimum absolute atomic E-state index is 0.0732. The second-order valence-electron chi connectivity index (χ2n) is 5.53. The van der Waals surface area contributed by atoms with Crippen LogP contribution in [0, 0.1) is 24.1 Å². The number of nitrogens with zero attached hydrogens (tertiary/aromatic N) is 3. The average Bonchev–Trinajstić information content (AvgIpc) is 2.87. The summed E-state index contributed by atoms with van der Waals surface area (Å²) in [5.41, 5.74) is 0.193. The maximum Gasteiger partial charge on any atom is 0.307 e. The lowest BCUT2D eigenvalue weighted by atomic mass is 10.1. The molecule has 3 aromatic rings. The second-order valence-corrected chi connectivity index (χ2v) is 7.32. The van der Waals surface area contributed by atoms with Crippen LogP contribution in [0.4, 0.5) is 4.39 Å². The molecule has 2 heterocycles. The number of aliphatic carboxylic acids is 1. The van der Waals surface area contributed by atoms with Crippen molar-refractivity contribution < 1.29 is 22.7 Å². The first kappa shape index (κ1) is 17.6. The van der Waals surface area contributed by atoms with Crippen molar-refractivity contribution in [2.45, 2.75) is 18.2 Å². The molecule has 0 fully saturated rings. The molecular formula is C17H12FN3O4S. The van der Waals surface area contributed by atoms with Gasteiger partial charge in [0.15, 0.2) is 5.65 Å². The number of carboxylic acid groups (broad SMARTS) is 1. The summed E-state index contributed by atoms with van der Waals surface area (Å²) in [6.45, 7) is 1.48. The lowest BCUT2D eigenvalue weighted by molar-refractivity contribution is -0.136. The van der Waals surface area contributed by atoms with Crippen molar-refractivity contribution in [2.24, 2.45) is 0 Å². The molecule has 0 spiro atoms. The fraction of sp³-hybridized carbons (Fsp3) is 0.118. The summed E-state index contributed by atoms with van der Waals surface area (Å²) < 4.78 is 40.6. The summed E-state index contributed by atoms with van der Waals surface area (Å²) in [4.78, 5) is 14.9. The standard InChI is InChI=1S/C17H12FN3O4S/c1-10-14(8-16(22)23)13-3-2-6-20-17(13)21(10)26(24,25)12-4-5-15(18)11(7-12)9-19/h2-7H,8H2,1H3,(H,22,23). The molecular weight excluding hydrogens is 361 g/mol. The zero-order valence-electron chi connectivity index (χ0n) is 13.5. The van der Waals surface area contributed by atoms with E-state index >= 15 is 0 Å². The second kappa shape index (κ2) is 6.24. The molecule has 0 saturated heterocycles. The van der Waals surface area contributed by atoms with Crippen LogP contribution in [0.25, 0.3) is 11.0 Å². The van der Waals surface area contributed by atoms with Crippen molar-refractivity contribution in [3.63, 3.8) is 0 Å². The van der Waals surface area contributed by atoms with E-state index in [9.17, 15) is 17.6 Å². The Morgan fingerprint density at radius 1 is 1.38 bits per heavy atom. The number of rotatable bonds is 4. The first-order valence-electron chi connectivity index (χ1n) is 7.39. The third-order valence-electron chi connectivity index (χ3n) is 3.97. The zero-order chi connectivity index (χ0) is 19.1. The highest BCUT2D eigenvalue weighted by Gasteiger charge is 2.27. The van der Waals surface area contributed by atoms with Gasteiger partial charge in [-0.2, -0.15) is 5.26 Å². The quantitative estimate of drug-likeness (QED) is 0.750. The summed E-state index contributed by atoms with van der Waals surface area (Å²) in [6.07, 6.45) is 1.02. The topological polar surface area (TPSA) is 113 Å². The van der Waals surface area contributed by atoms with E-state index in [1.165, 1.54) is 13.1 Å². The lowest BCUT2D eigenvalue weighted by Crippen LogP contribution is -2.16. The van der Waals surface area contributed by atoms with Crippen LogP contribution in [0.15, 0.2) is 41.4 Å². The Labute approximate surface area is 148 Å². The molecule has 0 aliphatic carbocycles. The monoisotopic (exact) mass is 373 g/mol. The van der Waals surface area contributed by atoms with Crippen LogP contribution in [0.1, 0.15) is 16.8 Å². The Bertz CT molecular complexity index is 1190. The Hall–Kier alpha value is -3.25. The highest BCUT2D eigenvalue weighted by Crippen LogP contribution is 2.29. The molecule has 1 aromatic carbocycles. The van der Waals surface area contributed by atoms with Crippen molar-refractivity contribution in [3.05, 3.63) is 59.2 Å². The van der Waals surface area contributed by atoms with E-state index in [2.05, 4.69) is 4.98 Å². The maximum absolute atomic E-state index is 13.5. The third-order valence-corrected chi connectivity index (χ3v) is 5.75. The number of nitriles is 1. The van der Waals surface area contributed by atoms with Crippen molar-refractivity contribution in [3.8, 4) is 6.07 Å². The van der Waals surface area contributed by atoms with E-state index < -0.39 is 27.4 Å². The van der Waals surface area contributed by atoms with Crippen molar-refractivity contribution >= 4 is 27.0 Å². The van der Waals surface area contributed by atoms with Gasteiger partial charge in [0.1, 0.15) is 11.9 Å². The number of hydrogen-bond donors (Lipinski definition) is 1. The summed E-state index contributed by atoms with van der Waals surface area (Å²) >= 11 is 0. The molecule has 1 N–H and O–H groups in total. The SMILES string of the molecule is Cc1c(CC(=O)O)c2cccnc2n1S(=O)(=O)c1ccc(F)c(C#N)c1. The predicted molar refractivity (Wildman–Crippen MR) is 89.5 cm³/mol. The fourth-order valence-corrected chi connectivity index (χ4v) is 4.36. The number of fused-ring (bicyclic) bond motifs is 1. The number of pyridine rings is 1. The van der Waals surface area contributed by atoms with Gasteiger partial charge in [-0.25, -0.2) is 21.8 Å². The van der Waals surface area contributed by atoms with Crippen LogP contribution in [0.5, 0.6) is 0 Å². The molecule has 132 valence electrons. The van der Waals surface area contributed by atoms with Gasteiger partial charge in [0, 0.05) is 17.3 Å². The molecule has 0 atom stereocenters. The largest absolute Gasteiger partial charge is 0.481 e. The number of aromatic nitrogens is 2. The minimum Gasteiger partial charge on any atom is -0.481 e.